The predicted octanol–water partition coefficient (Wildman–Crippen LogP) is 2.97. The smallest absolute Gasteiger partial charge is 0.0963 e. The number of amidine groups is 1. The van der Waals surface area contributed by atoms with Gasteiger partial charge in [0.15, 0.2) is 0 Å². The number of nitrogens with two attached hydrogens (primary N) is 1. The highest BCUT2D eigenvalue weighted by Gasteiger charge is 2.26. The van der Waals surface area contributed by atoms with Crippen LogP contribution in [0.4, 0.5) is 0 Å². The third-order valence-corrected chi connectivity index (χ3v) is 3.30. The van der Waals surface area contributed by atoms with Gasteiger partial charge in [0.1, 0.15) is 0 Å². The molecule has 0 bridgehead atoms. The van der Waals surface area contributed by atoms with Crippen LogP contribution in [-0.2, 0) is 0 Å². The lowest BCUT2D eigenvalue weighted by molar-refractivity contribution is 0.227. The summed E-state index contributed by atoms with van der Waals surface area (Å²) in [5.74, 6) is 1.21. The largest absolute Gasteiger partial charge is 0.387 e. The highest BCUT2D eigenvalue weighted by Crippen LogP contribution is 2.35. The quantitative estimate of drug-likeness (QED) is 0.547. The van der Waals surface area contributed by atoms with E-state index in [1.807, 2.05) is 0 Å². The minimum Gasteiger partial charge on any atom is -0.387 e. The molecule has 1 rings (SSSR count). The number of hydrogen-bond acceptors (Lipinski definition) is 1. The molecule has 1 saturated carbocycles. The second kappa shape index (κ2) is 4.81. The fourth-order valence-electron chi connectivity index (χ4n) is 2.03. The fraction of sp³-hybridized carbons (Fsp3) is 0.917. The maximum absolute atomic E-state index is 5.84. The first-order chi connectivity index (χ1) is 6.53. The zero-order chi connectivity index (χ0) is 10.6. The van der Waals surface area contributed by atoms with E-state index in [-0.39, 0.29) is 0 Å². The van der Waals surface area contributed by atoms with E-state index < -0.39 is 0 Å². The third-order valence-electron chi connectivity index (χ3n) is 3.30. The molecule has 0 radical (unpaired) electrons. The van der Waals surface area contributed by atoms with Crippen LogP contribution in [-0.4, -0.2) is 12.4 Å². The van der Waals surface area contributed by atoms with Gasteiger partial charge in [-0.15, -0.1) is 0 Å². The van der Waals surface area contributed by atoms with Gasteiger partial charge >= 0.3 is 0 Å². The van der Waals surface area contributed by atoms with Crippen LogP contribution in [0.25, 0.3) is 0 Å². The maximum Gasteiger partial charge on any atom is 0.0963 e. The van der Waals surface area contributed by atoms with Gasteiger partial charge in [-0.25, -0.2) is 0 Å². The standard InChI is InChI=1S/C12H24N2/c1-10(2)11(13)14-9-12(3)7-5-4-6-8-12/h10H,4-9H2,1-3H3,(H2,13,14). The number of aliphatic imine (C=N–C) groups is 1. The van der Waals surface area contributed by atoms with E-state index in [1.54, 1.807) is 0 Å². The molecule has 0 aromatic carbocycles. The molecule has 1 aliphatic carbocycles. The zero-order valence-corrected chi connectivity index (χ0v) is 9.84. The van der Waals surface area contributed by atoms with Gasteiger partial charge in [0.25, 0.3) is 0 Å². The molecular formula is C12H24N2. The highest BCUT2D eigenvalue weighted by atomic mass is 14.9. The molecule has 1 aliphatic rings. The Bertz CT molecular complexity index is 200. The molecule has 0 unspecified atom stereocenters. The molecule has 0 saturated heterocycles. The first kappa shape index (κ1) is 11.5. The Morgan fingerprint density at radius 2 is 1.86 bits per heavy atom. The summed E-state index contributed by atoms with van der Waals surface area (Å²) in [5.41, 5.74) is 6.27. The molecule has 0 amide bonds. The molecule has 2 heteroatoms. The second-order valence-electron chi connectivity index (χ2n) is 5.27. The summed E-state index contributed by atoms with van der Waals surface area (Å²) < 4.78 is 0. The lowest BCUT2D eigenvalue weighted by Crippen LogP contribution is -2.27. The summed E-state index contributed by atoms with van der Waals surface area (Å²) in [6.45, 7) is 7.48. The van der Waals surface area contributed by atoms with Crippen LogP contribution >= 0.6 is 0 Å². The first-order valence-electron chi connectivity index (χ1n) is 5.83. The molecule has 82 valence electrons. The molecule has 2 nitrogen and oxygen atoms in total. The number of nitrogens with zero attached hydrogens (tertiary/aromatic N) is 1. The summed E-state index contributed by atoms with van der Waals surface area (Å²) in [4.78, 5) is 4.51. The predicted molar refractivity (Wildman–Crippen MR) is 62.5 cm³/mol. The van der Waals surface area contributed by atoms with Crippen molar-refractivity contribution in [2.24, 2.45) is 22.1 Å². The lowest BCUT2D eigenvalue weighted by Gasteiger charge is -2.32. The second-order valence-corrected chi connectivity index (χ2v) is 5.27. The first-order valence-corrected chi connectivity index (χ1v) is 5.83. The Balaban J connectivity index is 2.46. The van der Waals surface area contributed by atoms with Crippen LogP contribution in [0.3, 0.4) is 0 Å². The van der Waals surface area contributed by atoms with Gasteiger partial charge in [-0.1, -0.05) is 40.0 Å². The van der Waals surface area contributed by atoms with Crippen LogP contribution < -0.4 is 5.73 Å². The van der Waals surface area contributed by atoms with Crippen molar-refractivity contribution in [3.05, 3.63) is 0 Å². The minimum atomic E-state index is 0.391. The average molecular weight is 196 g/mol. The van der Waals surface area contributed by atoms with Crippen molar-refractivity contribution >= 4 is 5.84 Å². The van der Waals surface area contributed by atoms with Crippen molar-refractivity contribution < 1.29 is 0 Å². The van der Waals surface area contributed by atoms with Crippen molar-refractivity contribution in [1.29, 1.82) is 0 Å². The van der Waals surface area contributed by atoms with Crippen molar-refractivity contribution in [3.8, 4) is 0 Å². The molecule has 0 aromatic rings. The summed E-state index contributed by atoms with van der Waals surface area (Å²) >= 11 is 0. The van der Waals surface area contributed by atoms with Gasteiger partial charge in [-0.2, -0.15) is 0 Å². The topological polar surface area (TPSA) is 38.4 Å². The van der Waals surface area contributed by atoms with E-state index in [9.17, 15) is 0 Å². The molecular weight excluding hydrogens is 172 g/mol. The molecule has 2 N–H and O–H groups in total. The van der Waals surface area contributed by atoms with E-state index in [4.69, 9.17) is 5.73 Å². The Morgan fingerprint density at radius 1 is 1.29 bits per heavy atom. The van der Waals surface area contributed by atoms with Crippen LogP contribution in [0.1, 0.15) is 52.9 Å². The molecule has 0 spiro atoms. The van der Waals surface area contributed by atoms with E-state index in [1.165, 1.54) is 32.1 Å². The normalized spacial score (nSPS) is 22.7. The van der Waals surface area contributed by atoms with Gasteiger partial charge in [-0.05, 0) is 18.3 Å². The van der Waals surface area contributed by atoms with E-state index >= 15 is 0 Å². The lowest BCUT2D eigenvalue weighted by atomic mass is 9.76. The van der Waals surface area contributed by atoms with E-state index in [2.05, 4.69) is 25.8 Å². The van der Waals surface area contributed by atoms with E-state index in [0.29, 0.717) is 11.3 Å². The van der Waals surface area contributed by atoms with Crippen LogP contribution in [0, 0.1) is 11.3 Å². The van der Waals surface area contributed by atoms with Crippen molar-refractivity contribution in [2.75, 3.05) is 6.54 Å². The van der Waals surface area contributed by atoms with Gasteiger partial charge in [-0.3, -0.25) is 4.99 Å². The molecule has 14 heavy (non-hydrogen) atoms. The van der Waals surface area contributed by atoms with Crippen LogP contribution in [0.5, 0.6) is 0 Å². The monoisotopic (exact) mass is 196 g/mol. The highest BCUT2D eigenvalue weighted by molar-refractivity contribution is 5.82. The minimum absolute atomic E-state index is 0.391. The number of hydrogen-bond donors (Lipinski definition) is 1. The van der Waals surface area contributed by atoms with Crippen LogP contribution in [0.2, 0.25) is 0 Å². The Labute approximate surface area is 88.0 Å². The Kier molecular flexibility index (Phi) is 3.97. The molecule has 0 atom stereocenters. The van der Waals surface area contributed by atoms with Crippen LogP contribution in [0.15, 0.2) is 4.99 Å². The van der Waals surface area contributed by atoms with Gasteiger partial charge in [0, 0.05) is 12.5 Å². The Hall–Kier alpha value is -0.530. The van der Waals surface area contributed by atoms with Gasteiger partial charge < -0.3 is 5.73 Å². The van der Waals surface area contributed by atoms with Crippen molar-refractivity contribution in [1.82, 2.24) is 0 Å². The molecule has 0 aromatic heterocycles. The zero-order valence-electron chi connectivity index (χ0n) is 9.84. The molecule has 0 heterocycles. The van der Waals surface area contributed by atoms with E-state index in [0.717, 1.165) is 12.4 Å². The Morgan fingerprint density at radius 3 is 2.36 bits per heavy atom. The van der Waals surface area contributed by atoms with Gasteiger partial charge in [0.2, 0.25) is 0 Å². The summed E-state index contributed by atoms with van der Waals surface area (Å²) in [6, 6.07) is 0. The fourth-order valence-corrected chi connectivity index (χ4v) is 2.03. The average Bonchev–Trinajstić information content (AvgIpc) is 2.15. The molecule has 0 aliphatic heterocycles. The summed E-state index contributed by atoms with van der Waals surface area (Å²) in [6.07, 6.45) is 6.78. The van der Waals surface area contributed by atoms with Crippen molar-refractivity contribution in [2.45, 2.75) is 52.9 Å². The summed E-state index contributed by atoms with van der Waals surface area (Å²) in [5, 5.41) is 0. The maximum atomic E-state index is 5.84. The number of rotatable bonds is 3. The van der Waals surface area contributed by atoms with Crippen molar-refractivity contribution in [3.63, 3.8) is 0 Å². The summed E-state index contributed by atoms with van der Waals surface area (Å²) in [7, 11) is 0. The SMILES string of the molecule is CC(C)C(N)=NCC1(C)CCCCC1. The molecule has 1 fully saturated rings. The third kappa shape index (κ3) is 3.32. The van der Waals surface area contributed by atoms with Gasteiger partial charge in [0.05, 0.1) is 5.84 Å².